The zero-order valence-electron chi connectivity index (χ0n) is 12.7. The smallest absolute Gasteiger partial charge is 0.326 e. The second-order valence-electron chi connectivity index (χ2n) is 5.58. The molecule has 21 heavy (non-hydrogen) atoms. The Morgan fingerprint density at radius 1 is 1.52 bits per heavy atom. The van der Waals surface area contributed by atoms with Crippen LogP contribution < -0.4 is 5.32 Å². The first-order chi connectivity index (χ1) is 9.92. The number of anilines is 1. The monoisotopic (exact) mass is 294 g/mol. The number of likely N-dealkylation sites (tertiary alicyclic amines) is 1. The molecule has 0 saturated carbocycles. The van der Waals surface area contributed by atoms with Crippen molar-refractivity contribution in [1.29, 1.82) is 0 Å². The van der Waals surface area contributed by atoms with Gasteiger partial charge in [-0.3, -0.25) is 4.68 Å². The Balaban J connectivity index is 2.10. The second-order valence-corrected chi connectivity index (χ2v) is 5.58. The third-order valence-corrected chi connectivity index (χ3v) is 4.09. The summed E-state index contributed by atoms with van der Waals surface area (Å²) in [7, 11) is 1.77. The number of hydrogen-bond donors (Lipinski definition) is 2. The predicted octanol–water partition coefficient (Wildman–Crippen LogP) is 1.84. The van der Waals surface area contributed by atoms with Crippen LogP contribution in [0, 0.1) is 12.8 Å². The molecule has 7 heteroatoms. The van der Waals surface area contributed by atoms with Gasteiger partial charge in [-0.2, -0.15) is 5.10 Å². The Morgan fingerprint density at radius 2 is 2.24 bits per heavy atom. The first kappa shape index (κ1) is 15.3. The fourth-order valence-corrected chi connectivity index (χ4v) is 2.80. The van der Waals surface area contributed by atoms with Crippen LogP contribution >= 0.6 is 0 Å². The van der Waals surface area contributed by atoms with E-state index in [4.69, 9.17) is 0 Å². The highest BCUT2D eigenvalue weighted by molar-refractivity contribution is 5.92. The molecule has 7 nitrogen and oxygen atoms in total. The fourth-order valence-electron chi connectivity index (χ4n) is 2.80. The maximum absolute atomic E-state index is 12.4. The number of aromatic nitrogens is 2. The number of nitrogens with zero attached hydrogens (tertiary/aromatic N) is 3. The Morgan fingerprint density at radius 3 is 2.76 bits per heavy atom. The van der Waals surface area contributed by atoms with Crippen LogP contribution in [-0.2, 0) is 11.8 Å². The van der Waals surface area contributed by atoms with Crippen LogP contribution in [0.4, 0.5) is 10.5 Å². The van der Waals surface area contributed by atoms with Crippen molar-refractivity contribution in [2.24, 2.45) is 13.0 Å². The van der Waals surface area contributed by atoms with Gasteiger partial charge in [-0.15, -0.1) is 0 Å². The molecule has 1 aromatic rings. The summed E-state index contributed by atoms with van der Waals surface area (Å²) in [6.07, 6.45) is 4.02. The standard InChI is InChI=1S/C14H22N4O3/c1-4-10-5-6-18(12(7-10)13(19)20)14(21)15-11-8-17(3)16-9(11)2/h8,10,12H,4-7H2,1-3H3,(H,15,21)(H,19,20). The Kier molecular flexibility index (Phi) is 4.50. The van der Waals surface area contributed by atoms with E-state index in [0.29, 0.717) is 30.3 Å². The first-order valence-corrected chi connectivity index (χ1v) is 7.23. The van der Waals surface area contributed by atoms with Crippen molar-refractivity contribution in [3.8, 4) is 0 Å². The van der Waals surface area contributed by atoms with Crippen LogP contribution in [0.25, 0.3) is 0 Å². The van der Waals surface area contributed by atoms with E-state index < -0.39 is 12.0 Å². The van der Waals surface area contributed by atoms with Crippen molar-refractivity contribution in [1.82, 2.24) is 14.7 Å². The third kappa shape index (κ3) is 3.34. The lowest BCUT2D eigenvalue weighted by Gasteiger charge is -2.36. The normalized spacial score (nSPS) is 22.1. The van der Waals surface area contributed by atoms with Crippen LogP contribution in [0.2, 0.25) is 0 Å². The molecule has 0 bridgehead atoms. The number of carboxylic acid groups (broad SMARTS) is 1. The predicted molar refractivity (Wildman–Crippen MR) is 78.1 cm³/mol. The lowest BCUT2D eigenvalue weighted by Crippen LogP contribution is -2.51. The minimum atomic E-state index is -0.939. The van der Waals surface area contributed by atoms with E-state index in [0.717, 1.165) is 12.8 Å². The summed E-state index contributed by atoms with van der Waals surface area (Å²) in [5.74, 6) is -0.568. The van der Waals surface area contributed by atoms with Crippen LogP contribution in [-0.4, -0.2) is 44.4 Å². The lowest BCUT2D eigenvalue weighted by atomic mass is 9.89. The number of aryl methyl sites for hydroxylation is 2. The summed E-state index contributed by atoms with van der Waals surface area (Å²) in [6, 6.07) is -1.12. The zero-order chi connectivity index (χ0) is 15.6. The largest absolute Gasteiger partial charge is 0.480 e. The van der Waals surface area contributed by atoms with Crippen molar-refractivity contribution in [2.45, 2.75) is 39.2 Å². The number of aliphatic carboxylic acids is 1. The molecule has 1 saturated heterocycles. The molecule has 2 heterocycles. The number of amides is 2. The number of hydrogen-bond acceptors (Lipinski definition) is 3. The number of urea groups is 1. The van der Waals surface area contributed by atoms with Crippen LogP contribution in [0.5, 0.6) is 0 Å². The van der Waals surface area contributed by atoms with E-state index in [1.165, 1.54) is 4.90 Å². The Hall–Kier alpha value is -2.05. The molecule has 0 aliphatic carbocycles. The van der Waals surface area contributed by atoms with Gasteiger partial charge in [0.1, 0.15) is 6.04 Å². The summed E-state index contributed by atoms with van der Waals surface area (Å²) < 4.78 is 1.61. The molecular formula is C14H22N4O3. The maximum Gasteiger partial charge on any atom is 0.326 e. The molecule has 1 aliphatic heterocycles. The highest BCUT2D eigenvalue weighted by Gasteiger charge is 2.35. The minimum absolute atomic E-state index is 0.368. The van der Waals surface area contributed by atoms with Crippen molar-refractivity contribution < 1.29 is 14.7 Å². The van der Waals surface area contributed by atoms with Crippen LogP contribution in [0.1, 0.15) is 31.9 Å². The van der Waals surface area contributed by atoms with E-state index >= 15 is 0 Å². The van der Waals surface area contributed by atoms with E-state index in [-0.39, 0.29) is 6.03 Å². The SMILES string of the molecule is CCC1CCN(C(=O)Nc2cn(C)nc2C)C(C(=O)O)C1. The van der Waals surface area contributed by atoms with E-state index in [2.05, 4.69) is 17.3 Å². The van der Waals surface area contributed by atoms with Crippen molar-refractivity contribution >= 4 is 17.7 Å². The van der Waals surface area contributed by atoms with Crippen molar-refractivity contribution in [2.75, 3.05) is 11.9 Å². The summed E-state index contributed by atoms with van der Waals surface area (Å²) in [6.45, 7) is 4.33. The van der Waals surface area contributed by atoms with Gasteiger partial charge in [0, 0.05) is 19.8 Å². The molecule has 0 spiro atoms. The summed E-state index contributed by atoms with van der Waals surface area (Å²) >= 11 is 0. The zero-order valence-corrected chi connectivity index (χ0v) is 12.7. The highest BCUT2D eigenvalue weighted by Crippen LogP contribution is 2.26. The van der Waals surface area contributed by atoms with Gasteiger partial charge in [0.2, 0.25) is 0 Å². The summed E-state index contributed by atoms with van der Waals surface area (Å²) in [4.78, 5) is 25.2. The third-order valence-electron chi connectivity index (χ3n) is 4.09. The van der Waals surface area contributed by atoms with Gasteiger partial charge in [-0.05, 0) is 25.7 Å². The molecule has 116 valence electrons. The molecule has 1 fully saturated rings. The maximum atomic E-state index is 12.4. The Bertz CT molecular complexity index is 540. The van der Waals surface area contributed by atoms with Gasteiger partial charge >= 0.3 is 12.0 Å². The van der Waals surface area contributed by atoms with E-state index in [9.17, 15) is 14.7 Å². The van der Waals surface area contributed by atoms with Crippen molar-refractivity contribution in [3.63, 3.8) is 0 Å². The topological polar surface area (TPSA) is 87.5 Å². The van der Waals surface area contributed by atoms with Gasteiger partial charge < -0.3 is 15.3 Å². The molecular weight excluding hydrogens is 272 g/mol. The van der Waals surface area contributed by atoms with Crippen LogP contribution in [0.15, 0.2) is 6.20 Å². The summed E-state index contributed by atoms with van der Waals surface area (Å²) in [5.41, 5.74) is 1.32. The Labute approximate surface area is 123 Å². The first-order valence-electron chi connectivity index (χ1n) is 7.23. The average molecular weight is 294 g/mol. The molecule has 1 aliphatic rings. The van der Waals surface area contributed by atoms with Gasteiger partial charge in [0.15, 0.2) is 0 Å². The van der Waals surface area contributed by atoms with Gasteiger partial charge in [0.05, 0.1) is 11.4 Å². The lowest BCUT2D eigenvalue weighted by molar-refractivity contribution is -0.143. The molecule has 1 aromatic heterocycles. The van der Waals surface area contributed by atoms with E-state index in [1.807, 2.05) is 0 Å². The molecule has 2 unspecified atom stereocenters. The number of carboxylic acids is 1. The molecule has 2 N–H and O–H groups in total. The number of piperidine rings is 1. The highest BCUT2D eigenvalue weighted by atomic mass is 16.4. The quantitative estimate of drug-likeness (QED) is 0.890. The van der Waals surface area contributed by atoms with Gasteiger partial charge in [-0.25, -0.2) is 9.59 Å². The fraction of sp³-hybridized carbons (Fsp3) is 0.643. The van der Waals surface area contributed by atoms with Gasteiger partial charge in [-0.1, -0.05) is 13.3 Å². The second kappa shape index (κ2) is 6.15. The number of nitrogens with one attached hydrogen (secondary N) is 1. The van der Waals surface area contributed by atoms with E-state index in [1.54, 1.807) is 24.9 Å². The molecule has 0 aromatic carbocycles. The summed E-state index contributed by atoms with van der Waals surface area (Å²) in [5, 5.41) is 16.3. The molecule has 2 rings (SSSR count). The minimum Gasteiger partial charge on any atom is -0.480 e. The molecule has 2 amide bonds. The number of carbonyl (C=O) groups excluding carboxylic acids is 1. The van der Waals surface area contributed by atoms with Gasteiger partial charge in [0.25, 0.3) is 0 Å². The van der Waals surface area contributed by atoms with Crippen molar-refractivity contribution in [3.05, 3.63) is 11.9 Å². The number of rotatable bonds is 3. The number of carbonyl (C=O) groups is 2. The average Bonchev–Trinajstić information content (AvgIpc) is 2.75. The molecule has 2 atom stereocenters. The molecule has 0 radical (unpaired) electrons. The van der Waals surface area contributed by atoms with Crippen LogP contribution in [0.3, 0.4) is 0 Å².